The molecule has 1 N–H and O–H groups in total. The predicted molar refractivity (Wildman–Crippen MR) is 85.4 cm³/mol. The van der Waals surface area contributed by atoms with Crippen LogP contribution < -0.4 is 10.1 Å². The van der Waals surface area contributed by atoms with Gasteiger partial charge in [-0.25, -0.2) is 0 Å². The van der Waals surface area contributed by atoms with Crippen LogP contribution in [0.4, 0.5) is 0 Å². The van der Waals surface area contributed by atoms with Crippen LogP contribution in [0.1, 0.15) is 23.2 Å². The van der Waals surface area contributed by atoms with Gasteiger partial charge in [-0.2, -0.15) is 10.1 Å². The first-order valence-electron chi connectivity index (χ1n) is 7.47. The number of nitrogens with zero attached hydrogens (tertiary/aromatic N) is 4. The molecule has 0 saturated heterocycles. The van der Waals surface area contributed by atoms with E-state index < -0.39 is 5.91 Å². The second-order valence-electron chi connectivity index (χ2n) is 5.04. The number of methoxy groups -OCH3 is 1. The van der Waals surface area contributed by atoms with Crippen molar-refractivity contribution in [2.75, 3.05) is 7.11 Å². The highest BCUT2D eigenvalue weighted by Crippen LogP contribution is 2.21. The lowest BCUT2D eigenvalue weighted by Crippen LogP contribution is -2.22. The molecule has 3 rings (SSSR count). The van der Waals surface area contributed by atoms with Crippen LogP contribution in [0.3, 0.4) is 0 Å². The summed E-state index contributed by atoms with van der Waals surface area (Å²) < 4.78 is 12.0. The predicted octanol–water partition coefficient (Wildman–Crippen LogP) is 1.89. The van der Waals surface area contributed by atoms with Crippen LogP contribution >= 0.6 is 0 Å². The average Bonchev–Trinajstić information content (AvgIpc) is 3.29. The van der Waals surface area contributed by atoms with E-state index in [2.05, 4.69) is 20.6 Å². The first-order valence-corrected chi connectivity index (χ1v) is 7.47. The zero-order chi connectivity index (χ0) is 16.9. The summed E-state index contributed by atoms with van der Waals surface area (Å²) >= 11 is 0. The fourth-order valence-corrected chi connectivity index (χ4v) is 2.12. The number of hydrogen-bond donors (Lipinski definition) is 1. The molecule has 0 saturated carbocycles. The third kappa shape index (κ3) is 3.43. The molecule has 0 fully saturated rings. The number of benzene rings is 1. The lowest BCUT2D eigenvalue weighted by molar-refractivity contribution is 0.0907. The third-order valence-corrected chi connectivity index (χ3v) is 3.41. The average molecular weight is 327 g/mol. The van der Waals surface area contributed by atoms with E-state index in [0.717, 1.165) is 12.1 Å². The maximum Gasteiger partial charge on any atom is 0.316 e. The molecule has 0 radical (unpaired) electrons. The van der Waals surface area contributed by atoms with Gasteiger partial charge in [-0.3, -0.25) is 9.48 Å². The molecule has 3 aromatic rings. The summed E-state index contributed by atoms with van der Waals surface area (Å²) in [4.78, 5) is 16.2. The van der Waals surface area contributed by atoms with Crippen LogP contribution in [0.15, 0.2) is 41.2 Å². The van der Waals surface area contributed by atoms with Crippen LogP contribution in [0.2, 0.25) is 0 Å². The van der Waals surface area contributed by atoms with Gasteiger partial charge in [-0.05, 0) is 19.1 Å². The standard InChI is InChI=1S/C16H17N5O3/c1-3-21-10-11(9-18-21)8-17-15(22)16-19-14(20-24-16)12-5-4-6-13(7-12)23-2/h4-7,9-10H,3,8H2,1-2H3,(H,17,22). The number of carbonyl (C=O) groups is 1. The van der Waals surface area contributed by atoms with Crippen molar-refractivity contribution >= 4 is 5.91 Å². The Kier molecular flexibility index (Phi) is 4.55. The minimum absolute atomic E-state index is 0.0873. The minimum Gasteiger partial charge on any atom is -0.497 e. The Hall–Kier alpha value is -3.16. The molecular weight excluding hydrogens is 310 g/mol. The second kappa shape index (κ2) is 6.95. The van der Waals surface area contributed by atoms with Gasteiger partial charge in [0.25, 0.3) is 0 Å². The smallest absolute Gasteiger partial charge is 0.316 e. The number of amides is 1. The van der Waals surface area contributed by atoms with Crippen molar-refractivity contribution in [3.63, 3.8) is 0 Å². The number of aryl methyl sites for hydroxylation is 1. The highest BCUT2D eigenvalue weighted by Gasteiger charge is 2.16. The summed E-state index contributed by atoms with van der Waals surface area (Å²) in [6.07, 6.45) is 3.58. The van der Waals surface area contributed by atoms with Gasteiger partial charge in [0, 0.05) is 30.4 Å². The molecule has 2 aromatic heterocycles. The third-order valence-electron chi connectivity index (χ3n) is 3.41. The molecular formula is C16H17N5O3. The normalized spacial score (nSPS) is 10.6. The molecule has 8 heteroatoms. The molecule has 0 aliphatic rings. The van der Waals surface area contributed by atoms with Gasteiger partial charge < -0.3 is 14.6 Å². The maximum atomic E-state index is 12.1. The molecule has 0 unspecified atom stereocenters. The Morgan fingerprint density at radius 3 is 3.04 bits per heavy atom. The van der Waals surface area contributed by atoms with E-state index in [1.807, 2.05) is 31.3 Å². The fourth-order valence-electron chi connectivity index (χ4n) is 2.12. The Balaban J connectivity index is 1.66. The van der Waals surface area contributed by atoms with Gasteiger partial charge >= 0.3 is 11.8 Å². The van der Waals surface area contributed by atoms with Gasteiger partial charge in [-0.15, -0.1) is 0 Å². The number of aromatic nitrogens is 4. The number of ether oxygens (including phenoxy) is 1. The van der Waals surface area contributed by atoms with Gasteiger partial charge in [0.05, 0.1) is 13.3 Å². The van der Waals surface area contributed by atoms with E-state index in [4.69, 9.17) is 9.26 Å². The first-order chi connectivity index (χ1) is 11.7. The van der Waals surface area contributed by atoms with E-state index in [9.17, 15) is 4.79 Å². The van der Waals surface area contributed by atoms with E-state index in [0.29, 0.717) is 23.7 Å². The quantitative estimate of drug-likeness (QED) is 0.743. The highest BCUT2D eigenvalue weighted by atomic mass is 16.5. The summed E-state index contributed by atoms with van der Waals surface area (Å²) in [6.45, 7) is 3.12. The van der Waals surface area contributed by atoms with E-state index >= 15 is 0 Å². The van der Waals surface area contributed by atoms with Crippen molar-refractivity contribution in [2.24, 2.45) is 0 Å². The number of nitrogens with one attached hydrogen (secondary N) is 1. The molecule has 8 nitrogen and oxygen atoms in total. The van der Waals surface area contributed by atoms with Crippen molar-refractivity contribution in [3.05, 3.63) is 48.1 Å². The Labute approximate surface area is 138 Å². The fraction of sp³-hybridized carbons (Fsp3) is 0.250. The van der Waals surface area contributed by atoms with Crippen molar-refractivity contribution < 1.29 is 14.1 Å². The molecule has 0 bridgehead atoms. The zero-order valence-electron chi connectivity index (χ0n) is 13.4. The summed E-state index contributed by atoms with van der Waals surface area (Å²) in [5.74, 6) is 0.491. The van der Waals surface area contributed by atoms with Crippen LogP contribution in [0.5, 0.6) is 5.75 Å². The van der Waals surface area contributed by atoms with Gasteiger partial charge in [0.2, 0.25) is 5.82 Å². The Morgan fingerprint density at radius 2 is 2.29 bits per heavy atom. The van der Waals surface area contributed by atoms with Crippen molar-refractivity contribution in [2.45, 2.75) is 20.0 Å². The molecule has 1 amide bonds. The topological polar surface area (TPSA) is 95.1 Å². The minimum atomic E-state index is -0.430. The Bertz CT molecular complexity index is 840. The first kappa shape index (κ1) is 15.7. The van der Waals surface area contributed by atoms with Crippen molar-refractivity contribution in [3.8, 4) is 17.1 Å². The van der Waals surface area contributed by atoms with Gasteiger partial charge in [0.15, 0.2) is 0 Å². The lowest BCUT2D eigenvalue weighted by Gasteiger charge is -2.00. The van der Waals surface area contributed by atoms with Crippen LogP contribution in [-0.2, 0) is 13.1 Å². The summed E-state index contributed by atoms with van der Waals surface area (Å²) in [5, 5.41) is 10.7. The zero-order valence-corrected chi connectivity index (χ0v) is 13.4. The SMILES string of the molecule is CCn1cc(CNC(=O)c2nc(-c3cccc(OC)c3)no2)cn1. The monoisotopic (exact) mass is 327 g/mol. The molecule has 24 heavy (non-hydrogen) atoms. The van der Waals surface area contributed by atoms with E-state index in [1.165, 1.54) is 0 Å². The number of carbonyl (C=O) groups excluding carboxylic acids is 1. The van der Waals surface area contributed by atoms with Crippen LogP contribution in [-0.4, -0.2) is 32.9 Å². The maximum absolute atomic E-state index is 12.1. The number of rotatable bonds is 6. The lowest BCUT2D eigenvalue weighted by atomic mass is 10.2. The molecule has 124 valence electrons. The Morgan fingerprint density at radius 1 is 1.42 bits per heavy atom. The molecule has 0 atom stereocenters. The van der Waals surface area contributed by atoms with Crippen molar-refractivity contribution in [1.29, 1.82) is 0 Å². The number of hydrogen-bond acceptors (Lipinski definition) is 6. The second-order valence-corrected chi connectivity index (χ2v) is 5.04. The molecule has 2 heterocycles. The summed E-state index contributed by atoms with van der Waals surface area (Å²) in [6, 6.07) is 7.21. The molecule has 0 aliphatic heterocycles. The van der Waals surface area contributed by atoms with Crippen molar-refractivity contribution in [1.82, 2.24) is 25.2 Å². The summed E-state index contributed by atoms with van der Waals surface area (Å²) in [5.41, 5.74) is 1.61. The van der Waals surface area contributed by atoms with Gasteiger partial charge in [0.1, 0.15) is 5.75 Å². The summed E-state index contributed by atoms with van der Waals surface area (Å²) in [7, 11) is 1.58. The molecule has 1 aromatic carbocycles. The van der Waals surface area contributed by atoms with Crippen LogP contribution in [0.25, 0.3) is 11.4 Å². The van der Waals surface area contributed by atoms with E-state index in [1.54, 1.807) is 24.1 Å². The largest absolute Gasteiger partial charge is 0.497 e. The molecule has 0 spiro atoms. The van der Waals surface area contributed by atoms with Crippen LogP contribution in [0, 0.1) is 0 Å². The molecule has 0 aliphatic carbocycles. The van der Waals surface area contributed by atoms with E-state index in [-0.39, 0.29) is 5.89 Å². The van der Waals surface area contributed by atoms with Gasteiger partial charge in [-0.1, -0.05) is 17.3 Å². The highest BCUT2D eigenvalue weighted by molar-refractivity contribution is 5.89.